The molecule has 2 heterocycles. The van der Waals surface area contributed by atoms with Gasteiger partial charge in [-0.15, -0.1) is 0 Å². The summed E-state index contributed by atoms with van der Waals surface area (Å²) in [4.78, 5) is 0. The summed E-state index contributed by atoms with van der Waals surface area (Å²) < 4.78 is 48.8. The molecule has 2 atom stereocenters. The molecule has 1 aromatic carbocycles. The molecule has 0 spiro atoms. The summed E-state index contributed by atoms with van der Waals surface area (Å²) in [5.41, 5.74) is 0.504. The molecular weight excluding hydrogens is 386 g/mol. The van der Waals surface area contributed by atoms with Crippen molar-refractivity contribution >= 4 is 11.0 Å². The van der Waals surface area contributed by atoms with Crippen LogP contribution in [-0.4, -0.2) is 44.2 Å². The van der Waals surface area contributed by atoms with Gasteiger partial charge in [0, 0.05) is 48.4 Å². The zero-order valence-corrected chi connectivity index (χ0v) is 17.1. The quantitative estimate of drug-likeness (QED) is 0.664. The maximum atomic E-state index is 15.0. The van der Waals surface area contributed by atoms with E-state index in [9.17, 15) is 13.0 Å². The Hall–Kier alpha value is -1.68. The van der Waals surface area contributed by atoms with E-state index in [-0.39, 0.29) is 36.9 Å². The van der Waals surface area contributed by atoms with Crippen LogP contribution in [0.5, 0.6) is 0 Å². The number of benzene rings is 1. The molecule has 0 aliphatic carbocycles. The number of ether oxygens (including phenoxy) is 1. The van der Waals surface area contributed by atoms with Crippen LogP contribution in [-0.2, 0) is 34.4 Å². The van der Waals surface area contributed by atoms with Crippen LogP contribution < -0.4 is 5.32 Å². The summed E-state index contributed by atoms with van der Waals surface area (Å²) in [5.74, 6) is -1.01. The summed E-state index contributed by atoms with van der Waals surface area (Å²) in [6, 6.07) is 4.26. The minimum atomic E-state index is -1.28. The predicted octanol–water partition coefficient (Wildman–Crippen LogP) is 2.60. The number of H-pyrrole nitrogens is 1. The van der Waals surface area contributed by atoms with Crippen molar-refractivity contribution in [3.8, 4) is 0 Å². The first-order chi connectivity index (χ1) is 13.4. The Kier molecular flexibility index (Phi) is 6.59. The number of nitrogens with zero attached hydrogens (tertiary/aromatic N) is 2. The summed E-state index contributed by atoms with van der Waals surface area (Å²) in [6.07, 6.45) is 3.95. The average molecular weight is 413 g/mol. The van der Waals surface area contributed by atoms with Gasteiger partial charge >= 0.3 is 0 Å². The minimum Gasteiger partial charge on any atom is -0.377 e. The Morgan fingerprint density at radius 2 is 2.14 bits per heavy atom. The van der Waals surface area contributed by atoms with Gasteiger partial charge in [0.05, 0.1) is 29.7 Å². The highest BCUT2D eigenvalue weighted by molar-refractivity contribution is 7.81. The number of hydrogen-bond donors (Lipinski definition) is 2. The zero-order chi connectivity index (χ0) is 20.3. The Bertz CT molecular complexity index is 828. The molecule has 0 bridgehead atoms. The van der Waals surface area contributed by atoms with Crippen molar-refractivity contribution < 1.29 is 17.7 Å². The fourth-order valence-corrected chi connectivity index (χ4v) is 4.23. The second kappa shape index (κ2) is 8.77. The van der Waals surface area contributed by atoms with Crippen molar-refractivity contribution in [1.29, 1.82) is 0 Å². The molecule has 2 aromatic rings. The van der Waals surface area contributed by atoms with Gasteiger partial charge in [0.15, 0.2) is 0 Å². The van der Waals surface area contributed by atoms with Crippen LogP contribution in [0.3, 0.4) is 0 Å². The van der Waals surface area contributed by atoms with Crippen LogP contribution >= 0.6 is 0 Å². The lowest BCUT2D eigenvalue weighted by Gasteiger charge is -2.43. The van der Waals surface area contributed by atoms with Gasteiger partial charge < -0.3 is 4.74 Å². The smallest absolute Gasteiger partial charge is 0.128 e. The van der Waals surface area contributed by atoms with Crippen molar-refractivity contribution in [3.63, 3.8) is 0 Å². The molecule has 9 heteroatoms. The van der Waals surface area contributed by atoms with E-state index in [1.165, 1.54) is 12.1 Å². The van der Waals surface area contributed by atoms with E-state index in [2.05, 4.69) is 15.5 Å². The third-order valence-corrected chi connectivity index (χ3v) is 6.41. The van der Waals surface area contributed by atoms with E-state index in [0.717, 1.165) is 12.1 Å². The SMILES string of the molecule is CC[C@H](C)N(Cc1cc(F)c(C2(NCc3ccn[nH]3)COC2)cc1F)S(C)=O. The largest absolute Gasteiger partial charge is 0.377 e. The van der Waals surface area contributed by atoms with Gasteiger partial charge in [-0.25, -0.2) is 17.3 Å². The molecule has 28 heavy (non-hydrogen) atoms. The Labute approximate surface area is 166 Å². The lowest BCUT2D eigenvalue weighted by Crippen LogP contribution is -2.57. The lowest BCUT2D eigenvalue weighted by atomic mass is 9.86. The van der Waals surface area contributed by atoms with Gasteiger partial charge in [0.25, 0.3) is 0 Å². The first-order valence-corrected chi connectivity index (χ1v) is 10.8. The maximum absolute atomic E-state index is 15.0. The summed E-state index contributed by atoms with van der Waals surface area (Å²) in [5, 5.41) is 9.99. The van der Waals surface area contributed by atoms with Gasteiger partial charge in [-0.3, -0.25) is 10.4 Å². The van der Waals surface area contributed by atoms with E-state index in [0.29, 0.717) is 6.54 Å². The van der Waals surface area contributed by atoms with Crippen molar-refractivity contribution in [1.82, 2.24) is 19.8 Å². The molecule has 154 valence electrons. The van der Waals surface area contributed by atoms with Crippen LogP contribution in [0.1, 0.15) is 37.1 Å². The molecule has 1 unspecified atom stereocenters. The second-order valence-corrected chi connectivity index (χ2v) is 8.51. The van der Waals surface area contributed by atoms with Crippen molar-refractivity contribution in [2.45, 2.75) is 44.9 Å². The van der Waals surface area contributed by atoms with Gasteiger partial charge in [-0.1, -0.05) is 6.92 Å². The number of aromatic amines is 1. The van der Waals surface area contributed by atoms with Crippen molar-refractivity contribution in [2.24, 2.45) is 0 Å². The van der Waals surface area contributed by atoms with Gasteiger partial charge in [0.2, 0.25) is 0 Å². The first kappa shape index (κ1) is 21.0. The topological polar surface area (TPSA) is 70.2 Å². The standard InChI is InChI=1S/C19H26F2N4O2S/c1-4-13(2)25(28(3)26)10-14-7-18(21)16(8-17(14)20)19(11-27-12-19)22-9-15-5-6-23-24-15/h5-8,13,22H,4,9-12H2,1-3H3,(H,23,24)/t13-,28?/m0/s1. The molecule has 0 amide bonds. The number of nitrogens with one attached hydrogen (secondary N) is 2. The molecule has 3 rings (SSSR count). The summed E-state index contributed by atoms with van der Waals surface area (Å²) in [6.45, 7) is 4.93. The van der Waals surface area contributed by atoms with E-state index >= 15 is 0 Å². The molecule has 1 saturated heterocycles. The van der Waals surface area contributed by atoms with Crippen LogP contribution in [0.25, 0.3) is 0 Å². The van der Waals surface area contributed by atoms with Crippen LogP contribution in [0, 0.1) is 11.6 Å². The van der Waals surface area contributed by atoms with Crippen LogP contribution in [0.2, 0.25) is 0 Å². The lowest BCUT2D eigenvalue weighted by molar-refractivity contribution is -0.0814. The number of rotatable bonds is 9. The molecule has 0 radical (unpaired) electrons. The molecule has 1 aliphatic heterocycles. The summed E-state index contributed by atoms with van der Waals surface area (Å²) >= 11 is 0. The third-order valence-electron chi connectivity index (χ3n) is 5.26. The van der Waals surface area contributed by atoms with Crippen molar-refractivity contribution in [3.05, 3.63) is 52.9 Å². The van der Waals surface area contributed by atoms with Crippen LogP contribution in [0.4, 0.5) is 8.78 Å². The fourth-order valence-electron chi connectivity index (χ4n) is 3.25. The Morgan fingerprint density at radius 3 is 2.68 bits per heavy atom. The third kappa shape index (κ3) is 4.32. The first-order valence-electron chi connectivity index (χ1n) is 9.26. The van der Waals surface area contributed by atoms with Gasteiger partial charge in [-0.2, -0.15) is 5.10 Å². The van der Waals surface area contributed by atoms with Gasteiger partial charge in [0.1, 0.15) is 11.6 Å². The molecular formula is C19H26F2N4O2S. The van der Waals surface area contributed by atoms with E-state index in [1.54, 1.807) is 16.8 Å². The molecule has 2 N–H and O–H groups in total. The fraction of sp³-hybridized carbons (Fsp3) is 0.526. The zero-order valence-electron chi connectivity index (χ0n) is 16.3. The molecule has 6 nitrogen and oxygen atoms in total. The number of halogens is 2. The molecule has 1 aromatic heterocycles. The van der Waals surface area contributed by atoms with Crippen molar-refractivity contribution in [2.75, 3.05) is 19.5 Å². The highest BCUT2D eigenvalue weighted by atomic mass is 32.2. The predicted molar refractivity (Wildman–Crippen MR) is 104 cm³/mol. The Balaban J connectivity index is 1.83. The number of aromatic nitrogens is 2. The maximum Gasteiger partial charge on any atom is 0.128 e. The monoisotopic (exact) mass is 412 g/mol. The average Bonchev–Trinajstić information content (AvgIpc) is 3.14. The van der Waals surface area contributed by atoms with E-state index in [4.69, 9.17) is 4.74 Å². The normalized spacial score (nSPS) is 18.1. The summed E-state index contributed by atoms with van der Waals surface area (Å²) in [7, 11) is -1.28. The second-order valence-electron chi connectivity index (χ2n) is 7.19. The van der Waals surface area contributed by atoms with E-state index in [1.807, 2.05) is 19.9 Å². The van der Waals surface area contributed by atoms with Crippen LogP contribution in [0.15, 0.2) is 24.4 Å². The molecule has 1 fully saturated rings. The Morgan fingerprint density at radius 1 is 1.39 bits per heavy atom. The number of hydrogen-bond acceptors (Lipinski definition) is 4. The minimum absolute atomic E-state index is 0.00424. The highest BCUT2D eigenvalue weighted by Gasteiger charge is 2.42. The molecule has 1 aliphatic rings. The van der Waals surface area contributed by atoms with E-state index < -0.39 is 28.2 Å². The highest BCUT2D eigenvalue weighted by Crippen LogP contribution is 2.33. The van der Waals surface area contributed by atoms with Gasteiger partial charge in [-0.05, 0) is 31.5 Å². The molecule has 0 saturated carbocycles.